The quantitative estimate of drug-likeness (QED) is 0.382. The number of hydrogen-bond acceptors (Lipinski definition) is 6. The molecule has 1 unspecified atom stereocenters. The second-order valence-electron chi connectivity index (χ2n) is 5.84. The van der Waals surface area contributed by atoms with E-state index in [-0.39, 0.29) is 18.0 Å². The molecule has 2 rings (SSSR count). The molecule has 2 amide bonds. The predicted molar refractivity (Wildman–Crippen MR) is 107 cm³/mol. The molecule has 1 atom stereocenters. The lowest BCUT2D eigenvalue weighted by Crippen LogP contribution is -2.51. The molecule has 0 heterocycles. The van der Waals surface area contributed by atoms with E-state index in [1.165, 1.54) is 7.11 Å². The Balaban J connectivity index is 1.77. The van der Waals surface area contributed by atoms with E-state index in [1.807, 2.05) is 36.4 Å². The molecule has 0 bridgehead atoms. The van der Waals surface area contributed by atoms with Gasteiger partial charge in [0, 0.05) is 6.42 Å². The third kappa shape index (κ3) is 6.51. The number of methoxy groups -OCH3 is 1. The molecule has 9 heteroatoms. The van der Waals surface area contributed by atoms with Gasteiger partial charge < -0.3 is 14.8 Å². The molecular formula is C19H21N3O5S. The first-order chi connectivity index (χ1) is 13.4. The van der Waals surface area contributed by atoms with Crippen molar-refractivity contribution in [1.82, 2.24) is 16.2 Å². The Labute approximate surface area is 167 Å². The molecule has 28 heavy (non-hydrogen) atoms. The van der Waals surface area contributed by atoms with E-state index in [4.69, 9.17) is 17.0 Å². The standard InChI is InChI=1S/C19H21N3O5S/c1-12(27-15-8-7-13-5-3-4-6-14(13)11-15)18(25)21-22-19(28)20-16(23)9-10-17(24)26-2/h3-8,11-12H,9-10H2,1-2H3,(H,21,25)(H2,20,22,23,28). The Morgan fingerprint density at radius 3 is 2.46 bits per heavy atom. The summed E-state index contributed by atoms with van der Waals surface area (Å²) in [4.78, 5) is 34.7. The molecule has 0 spiro atoms. The zero-order valence-electron chi connectivity index (χ0n) is 15.5. The summed E-state index contributed by atoms with van der Waals surface area (Å²) in [6.07, 6.45) is -0.941. The molecule has 0 aromatic heterocycles. The van der Waals surface area contributed by atoms with Crippen molar-refractivity contribution in [2.75, 3.05) is 7.11 Å². The number of ether oxygens (including phenoxy) is 2. The Morgan fingerprint density at radius 1 is 1.04 bits per heavy atom. The molecular weight excluding hydrogens is 382 g/mol. The first-order valence-electron chi connectivity index (χ1n) is 8.51. The third-order valence-corrected chi connectivity index (χ3v) is 3.94. The highest BCUT2D eigenvalue weighted by molar-refractivity contribution is 7.80. The summed E-state index contributed by atoms with van der Waals surface area (Å²) in [5, 5.41) is 4.32. The van der Waals surface area contributed by atoms with Gasteiger partial charge in [0.25, 0.3) is 5.91 Å². The van der Waals surface area contributed by atoms with Crippen molar-refractivity contribution in [3.8, 4) is 5.75 Å². The van der Waals surface area contributed by atoms with Gasteiger partial charge in [-0.1, -0.05) is 30.3 Å². The van der Waals surface area contributed by atoms with Crippen LogP contribution in [0.5, 0.6) is 5.75 Å². The van der Waals surface area contributed by atoms with Crippen molar-refractivity contribution in [3.05, 3.63) is 42.5 Å². The van der Waals surface area contributed by atoms with Crippen molar-refractivity contribution in [2.45, 2.75) is 25.9 Å². The van der Waals surface area contributed by atoms with Gasteiger partial charge in [-0.15, -0.1) is 0 Å². The van der Waals surface area contributed by atoms with Crippen LogP contribution in [-0.4, -0.2) is 36.1 Å². The molecule has 0 aliphatic rings. The van der Waals surface area contributed by atoms with Gasteiger partial charge in [0.1, 0.15) is 5.75 Å². The lowest BCUT2D eigenvalue weighted by atomic mass is 10.1. The zero-order chi connectivity index (χ0) is 20.5. The summed E-state index contributed by atoms with van der Waals surface area (Å²) in [7, 11) is 1.24. The lowest BCUT2D eigenvalue weighted by Gasteiger charge is -2.16. The molecule has 3 N–H and O–H groups in total. The summed E-state index contributed by atoms with van der Waals surface area (Å²) >= 11 is 4.91. The molecule has 0 aliphatic carbocycles. The molecule has 2 aromatic carbocycles. The number of esters is 1. The number of nitrogens with one attached hydrogen (secondary N) is 3. The summed E-state index contributed by atoms with van der Waals surface area (Å²) in [6.45, 7) is 1.59. The van der Waals surface area contributed by atoms with Crippen molar-refractivity contribution < 1.29 is 23.9 Å². The minimum Gasteiger partial charge on any atom is -0.481 e. The summed E-state index contributed by atoms with van der Waals surface area (Å²) < 4.78 is 10.1. The fourth-order valence-electron chi connectivity index (χ4n) is 2.26. The topological polar surface area (TPSA) is 106 Å². The summed E-state index contributed by atoms with van der Waals surface area (Å²) in [6, 6.07) is 13.3. The third-order valence-electron chi connectivity index (χ3n) is 3.74. The Morgan fingerprint density at radius 2 is 1.75 bits per heavy atom. The molecule has 0 fully saturated rings. The fourth-order valence-corrected chi connectivity index (χ4v) is 2.42. The monoisotopic (exact) mass is 403 g/mol. The average molecular weight is 403 g/mol. The predicted octanol–water partition coefficient (Wildman–Crippen LogP) is 1.58. The number of hydrogen-bond donors (Lipinski definition) is 3. The van der Waals surface area contributed by atoms with Gasteiger partial charge >= 0.3 is 5.97 Å². The molecule has 0 saturated carbocycles. The van der Waals surface area contributed by atoms with Crippen LogP contribution in [-0.2, 0) is 19.1 Å². The SMILES string of the molecule is COC(=O)CCC(=O)NC(=S)NNC(=O)C(C)Oc1ccc2ccccc2c1. The van der Waals surface area contributed by atoms with Crippen LogP contribution in [0.3, 0.4) is 0 Å². The lowest BCUT2D eigenvalue weighted by molar-refractivity contribution is -0.142. The van der Waals surface area contributed by atoms with Gasteiger partial charge in [-0.05, 0) is 42.0 Å². The van der Waals surface area contributed by atoms with Gasteiger partial charge in [0.2, 0.25) is 5.91 Å². The van der Waals surface area contributed by atoms with Gasteiger partial charge in [0.15, 0.2) is 11.2 Å². The molecule has 0 aliphatic heterocycles. The number of amides is 2. The second-order valence-corrected chi connectivity index (χ2v) is 6.24. The first kappa shape index (κ1) is 21.1. The van der Waals surface area contributed by atoms with Crippen LogP contribution >= 0.6 is 12.2 Å². The fraction of sp³-hybridized carbons (Fsp3) is 0.263. The summed E-state index contributed by atoms with van der Waals surface area (Å²) in [5.74, 6) is -0.890. The van der Waals surface area contributed by atoms with Gasteiger partial charge in [-0.3, -0.25) is 25.2 Å². The normalized spacial score (nSPS) is 11.2. The van der Waals surface area contributed by atoms with Crippen molar-refractivity contribution >= 4 is 45.9 Å². The first-order valence-corrected chi connectivity index (χ1v) is 8.92. The Bertz CT molecular complexity index is 887. The highest BCUT2D eigenvalue weighted by atomic mass is 32.1. The van der Waals surface area contributed by atoms with Crippen LogP contribution in [0.1, 0.15) is 19.8 Å². The minimum absolute atomic E-state index is 0.0616. The maximum atomic E-state index is 12.1. The number of thiocarbonyl (C=S) groups is 1. The van der Waals surface area contributed by atoms with Crippen LogP contribution in [0.25, 0.3) is 10.8 Å². The van der Waals surface area contributed by atoms with Crippen molar-refractivity contribution in [2.24, 2.45) is 0 Å². The second kappa shape index (κ2) is 10.2. The van der Waals surface area contributed by atoms with E-state index in [1.54, 1.807) is 13.0 Å². The zero-order valence-corrected chi connectivity index (χ0v) is 16.3. The number of benzene rings is 2. The van der Waals surface area contributed by atoms with Crippen LogP contribution < -0.4 is 20.9 Å². The van der Waals surface area contributed by atoms with E-state index < -0.39 is 23.9 Å². The van der Waals surface area contributed by atoms with E-state index in [0.717, 1.165) is 10.8 Å². The largest absolute Gasteiger partial charge is 0.481 e. The van der Waals surface area contributed by atoms with E-state index in [2.05, 4.69) is 20.9 Å². The minimum atomic E-state index is -0.800. The molecule has 2 aromatic rings. The smallest absolute Gasteiger partial charge is 0.306 e. The van der Waals surface area contributed by atoms with Crippen molar-refractivity contribution in [3.63, 3.8) is 0 Å². The number of carbonyl (C=O) groups is 3. The number of carbonyl (C=O) groups excluding carboxylic acids is 3. The molecule has 0 radical (unpaired) electrons. The molecule has 0 saturated heterocycles. The Kier molecular flexibility index (Phi) is 7.70. The maximum Gasteiger partial charge on any atom is 0.306 e. The van der Waals surface area contributed by atoms with Crippen LogP contribution in [0, 0.1) is 0 Å². The molecule has 8 nitrogen and oxygen atoms in total. The van der Waals surface area contributed by atoms with Gasteiger partial charge in [0.05, 0.1) is 13.5 Å². The highest BCUT2D eigenvalue weighted by Crippen LogP contribution is 2.21. The van der Waals surface area contributed by atoms with Crippen LogP contribution in [0.2, 0.25) is 0 Å². The Hall–Kier alpha value is -3.20. The van der Waals surface area contributed by atoms with Gasteiger partial charge in [-0.2, -0.15) is 0 Å². The number of hydrazine groups is 1. The molecule has 148 valence electrons. The van der Waals surface area contributed by atoms with E-state index in [0.29, 0.717) is 5.75 Å². The van der Waals surface area contributed by atoms with Crippen molar-refractivity contribution in [1.29, 1.82) is 0 Å². The number of fused-ring (bicyclic) bond motifs is 1. The maximum absolute atomic E-state index is 12.1. The van der Waals surface area contributed by atoms with Crippen LogP contribution in [0.4, 0.5) is 0 Å². The van der Waals surface area contributed by atoms with Crippen LogP contribution in [0.15, 0.2) is 42.5 Å². The van der Waals surface area contributed by atoms with E-state index >= 15 is 0 Å². The average Bonchev–Trinajstić information content (AvgIpc) is 2.69. The van der Waals surface area contributed by atoms with Gasteiger partial charge in [-0.25, -0.2) is 0 Å². The highest BCUT2D eigenvalue weighted by Gasteiger charge is 2.15. The summed E-state index contributed by atoms with van der Waals surface area (Å²) in [5.41, 5.74) is 4.77. The number of rotatable bonds is 6. The van der Waals surface area contributed by atoms with E-state index in [9.17, 15) is 14.4 Å².